The highest BCUT2D eigenvalue weighted by Gasteiger charge is 2.28. The highest BCUT2D eigenvalue weighted by Crippen LogP contribution is 2.23. The van der Waals surface area contributed by atoms with Crippen LogP contribution in [-0.2, 0) is 0 Å². The molecule has 0 saturated heterocycles. The van der Waals surface area contributed by atoms with Crippen LogP contribution in [0.2, 0.25) is 5.02 Å². The van der Waals surface area contributed by atoms with Crippen molar-refractivity contribution >= 4 is 29.1 Å². The van der Waals surface area contributed by atoms with Crippen molar-refractivity contribution in [3.63, 3.8) is 0 Å². The number of carbonyl (C=O) groups excluding carboxylic acids is 2. The summed E-state index contributed by atoms with van der Waals surface area (Å²) in [7, 11) is 0. The average molecular weight is 393 g/mol. The van der Waals surface area contributed by atoms with Gasteiger partial charge < -0.3 is 10.6 Å². The molecule has 2 N–H and O–H groups in total. The van der Waals surface area contributed by atoms with Crippen LogP contribution in [0.25, 0.3) is 0 Å². The molecular formula is C16H10ClF5N2O2. The van der Waals surface area contributed by atoms with Crippen molar-refractivity contribution in [1.82, 2.24) is 5.32 Å². The molecule has 26 heavy (non-hydrogen) atoms. The van der Waals surface area contributed by atoms with E-state index in [1.807, 2.05) is 0 Å². The summed E-state index contributed by atoms with van der Waals surface area (Å²) in [5.74, 6) is -4.60. The number of hydrogen-bond donors (Lipinski definition) is 2. The second-order valence-electron chi connectivity index (χ2n) is 5.04. The molecule has 0 aliphatic heterocycles. The molecule has 0 spiro atoms. The minimum Gasteiger partial charge on any atom is -0.343 e. The lowest BCUT2D eigenvalue weighted by Crippen LogP contribution is -2.34. The van der Waals surface area contributed by atoms with E-state index in [1.54, 1.807) is 5.32 Å². The van der Waals surface area contributed by atoms with Crippen LogP contribution in [-0.4, -0.2) is 24.5 Å². The van der Waals surface area contributed by atoms with Gasteiger partial charge in [-0.25, -0.2) is 8.78 Å². The first-order valence-electron chi connectivity index (χ1n) is 6.98. The summed E-state index contributed by atoms with van der Waals surface area (Å²) in [6.07, 6.45) is -4.60. The van der Waals surface area contributed by atoms with Crippen LogP contribution >= 0.6 is 11.6 Å². The average Bonchev–Trinajstić information content (AvgIpc) is 2.55. The van der Waals surface area contributed by atoms with Crippen LogP contribution in [0.15, 0.2) is 36.4 Å². The van der Waals surface area contributed by atoms with Gasteiger partial charge in [-0.15, -0.1) is 0 Å². The normalized spacial score (nSPS) is 11.2. The summed E-state index contributed by atoms with van der Waals surface area (Å²) in [5.41, 5.74) is -0.780. The molecule has 0 radical (unpaired) electrons. The van der Waals surface area contributed by atoms with Crippen molar-refractivity contribution in [2.45, 2.75) is 6.18 Å². The van der Waals surface area contributed by atoms with E-state index < -0.39 is 41.7 Å². The molecule has 0 saturated carbocycles. The first kappa shape index (κ1) is 19.6. The van der Waals surface area contributed by atoms with E-state index in [-0.39, 0.29) is 16.3 Å². The Morgan fingerprint density at radius 3 is 2.23 bits per heavy atom. The third-order valence-electron chi connectivity index (χ3n) is 3.12. The number of carbonyl (C=O) groups is 2. The Labute approximate surface area is 149 Å². The number of para-hydroxylation sites is 1. The quantitative estimate of drug-likeness (QED) is 0.606. The lowest BCUT2D eigenvalue weighted by atomic mass is 10.1. The lowest BCUT2D eigenvalue weighted by molar-refractivity contribution is -0.123. The first-order chi connectivity index (χ1) is 12.1. The second-order valence-corrected chi connectivity index (χ2v) is 5.45. The minimum absolute atomic E-state index is 0.127. The van der Waals surface area contributed by atoms with Crippen LogP contribution < -0.4 is 10.6 Å². The van der Waals surface area contributed by atoms with E-state index >= 15 is 0 Å². The molecule has 0 aliphatic rings. The van der Waals surface area contributed by atoms with Crippen LogP contribution in [0.4, 0.5) is 27.6 Å². The van der Waals surface area contributed by atoms with Gasteiger partial charge in [-0.1, -0.05) is 23.7 Å². The molecule has 2 aromatic carbocycles. The Balaban J connectivity index is 2.24. The number of anilines is 1. The summed E-state index contributed by atoms with van der Waals surface area (Å²) >= 11 is 5.69. The van der Waals surface area contributed by atoms with Crippen molar-refractivity contribution in [3.05, 3.63) is 64.2 Å². The highest BCUT2D eigenvalue weighted by molar-refractivity contribution is 6.34. The fourth-order valence-electron chi connectivity index (χ4n) is 1.95. The third-order valence-corrected chi connectivity index (χ3v) is 3.44. The van der Waals surface area contributed by atoms with Crippen molar-refractivity contribution in [3.8, 4) is 0 Å². The van der Waals surface area contributed by atoms with Crippen LogP contribution in [0.5, 0.6) is 0 Å². The van der Waals surface area contributed by atoms with Crippen molar-refractivity contribution < 1.29 is 31.5 Å². The number of halogens is 6. The van der Waals surface area contributed by atoms with Gasteiger partial charge in [0.05, 0.1) is 21.8 Å². The molecule has 0 aromatic heterocycles. The maximum atomic E-state index is 13.3. The van der Waals surface area contributed by atoms with Crippen LogP contribution in [0.3, 0.4) is 0 Å². The summed E-state index contributed by atoms with van der Waals surface area (Å²) in [6, 6.07) is 6.42. The molecule has 2 rings (SSSR count). The van der Waals surface area contributed by atoms with Crippen LogP contribution in [0, 0.1) is 11.6 Å². The van der Waals surface area contributed by atoms with Crippen molar-refractivity contribution in [2.24, 2.45) is 0 Å². The Bertz CT molecular complexity index is 855. The minimum atomic E-state index is -4.60. The molecule has 138 valence electrons. The van der Waals surface area contributed by atoms with E-state index in [4.69, 9.17) is 11.6 Å². The molecular weight excluding hydrogens is 383 g/mol. The van der Waals surface area contributed by atoms with Gasteiger partial charge >= 0.3 is 6.18 Å². The second kappa shape index (κ2) is 7.69. The first-order valence-corrected chi connectivity index (χ1v) is 7.36. The number of amides is 2. The predicted molar refractivity (Wildman–Crippen MR) is 84.2 cm³/mol. The van der Waals surface area contributed by atoms with E-state index in [2.05, 4.69) is 5.32 Å². The highest BCUT2D eigenvalue weighted by atomic mass is 35.5. The molecule has 2 amide bonds. The zero-order valence-corrected chi connectivity index (χ0v) is 13.5. The number of benzene rings is 2. The Kier molecular flexibility index (Phi) is 5.81. The molecule has 0 unspecified atom stereocenters. The van der Waals surface area contributed by atoms with Gasteiger partial charge in [0, 0.05) is 0 Å². The van der Waals surface area contributed by atoms with E-state index in [0.29, 0.717) is 12.1 Å². The van der Waals surface area contributed by atoms with Gasteiger partial charge in [0.25, 0.3) is 11.8 Å². The molecule has 0 aliphatic carbocycles. The maximum Gasteiger partial charge on any atom is 0.405 e. The van der Waals surface area contributed by atoms with Gasteiger partial charge in [-0.3, -0.25) is 9.59 Å². The number of hydrogen-bond acceptors (Lipinski definition) is 2. The van der Waals surface area contributed by atoms with E-state index in [9.17, 15) is 31.5 Å². The zero-order chi connectivity index (χ0) is 19.5. The predicted octanol–water partition coefficient (Wildman–Crippen LogP) is 4.16. The summed E-state index contributed by atoms with van der Waals surface area (Å²) in [6.45, 7) is -1.55. The molecule has 0 atom stereocenters. The smallest absolute Gasteiger partial charge is 0.343 e. The fraction of sp³-hybridized carbons (Fsp3) is 0.125. The van der Waals surface area contributed by atoms with Gasteiger partial charge in [0.15, 0.2) is 11.6 Å². The van der Waals surface area contributed by atoms with E-state index in [1.165, 1.54) is 24.3 Å². The molecule has 4 nitrogen and oxygen atoms in total. The summed E-state index contributed by atoms with van der Waals surface area (Å²) in [4.78, 5) is 24.1. The fourth-order valence-corrected chi connectivity index (χ4v) is 2.19. The molecule has 10 heteroatoms. The Morgan fingerprint density at radius 2 is 1.58 bits per heavy atom. The Hall–Kier alpha value is -2.68. The van der Waals surface area contributed by atoms with E-state index in [0.717, 1.165) is 0 Å². The lowest BCUT2D eigenvalue weighted by Gasteiger charge is -2.13. The molecule has 2 aromatic rings. The summed E-state index contributed by atoms with van der Waals surface area (Å²) in [5, 5.41) is 3.53. The van der Waals surface area contributed by atoms with Gasteiger partial charge in [0.2, 0.25) is 0 Å². The SMILES string of the molecule is O=C(Nc1ccccc1C(=O)NCC(F)(F)F)c1cc(F)c(F)cc1Cl. The van der Waals surface area contributed by atoms with Crippen LogP contribution in [0.1, 0.15) is 20.7 Å². The van der Waals surface area contributed by atoms with Gasteiger partial charge in [-0.05, 0) is 24.3 Å². The third kappa shape index (κ3) is 4.92. The number of nitrogens with one attached hydrogen (secondary N) is 2. The van der Waals surface area contributed by atoms with Gasteiger partial charge in [-0.2, -0.15) is 13.2 Å². The largest absolute Gasteiger partial charge is 0.405 e. The summed E-state index contributed by atoms with van der Waals surface area (Å²) < 4.78 is 63.0. The number of alkyl halides is 3. The van der Waals surface area contributed by atoms with Crippen molar-refractivity contribution in [1.29, 1.82) is 0 Å². The maximum absolute atomic E-state index is 13.3. The monoisotopic (exact) mass is 392 g/mol. The zero-order valence-electron chi connectivity index (χ0n) is 12.8. The van der Waals surface area contributed by atoms with Gasteiger partial charge in [0.1, 0.15) is 6.54 Å². The molecule has 0 heterocycles. The standard InChI is InChI=1S/C16H10ClF5N2O2/c17-10-6-12(19)11(18)5-9(10)15(26)24-13-4-2-1-3-8(13)14(25)23-7-16(20,21)22/h1-6H,7H2,(H,23,25)(H,24,26). The molecule has 0 fully saturated rings. The number of rotatable bonds is 4. The topological polar surface area (TPSA) is 58.2 Å². The Morgan fingerprint density at radius 1 is 0.962 bits per heavy atom. The molecule has 0 bridgehead atoms. The van der Waals surface area contributed by atoms with Crippen molar-refractivity contribution in [2.75, 3.05) is 11.9 Å².